The van der Waals surface area contributed by atoms with Crippen LogP contribution in [0, 0.1) is 6.92 Å². The molecule has 2 amide bonds. The number of sulfonamides is 1. The molecule has 0 atom stereocenters. The van der Waals surface area contributed by atoms with Crippen molar-refractivity contribution in [1.29, 1.82) is 0 Å². The van der Waals surface area contributed by atoms with Gasteiger partial charge in [0.05, 0.1) is 26.0 Å². The summed E-state index contributed by atoms with van der Waals surface area (Å²) >= 11 is 5.25. The van der Waals surface area contributed by atoms with Crippen LogP contribution in [0.1, 0.15) is 5.69 Å². The van der Waals surface area contributed by atoms with Crippen molar-refractivity contribution in [2.24, 2.45) is 0 Å². The number of anilines is 1. The summed E-state index contributed by atoms with van der Waals surface area (Å²) in [7, 11) is -1.91. The van der Waals surface area contributed by atoms with Gasteiger partial charge in [-0.05, 0) is 18.5 Å². The lowest BCUT2D eigenvalue weighted by Crippen LogP contribution is -2.35. The maximum Gasteiger partial charge on any atom is 0.355 e. The number of rotatable bonds is 8. The summed E-state index contributed by atoms with van der Waals surface area (Å²) in [6, 6.07) is 0.0933. The van der Waals surface area contributed by atoms with Crippen LogP contribution in [0.3, 0.4) is 0 Å². The minimum atomic E-state index is -4.54. The second-order valence-corrected chi connectivity index (χ2v) is 8.03. The van der Waals surface area contributed by atoms with Crippen molar-refractivity contribution in [3.05, 3.63) is 11.8 Å². The van der Waals surface area contributed by atoms with Gasteiger partial charge in [0.25, 0.3) is 10.0 Å². The maximum absolute atomic E-state index is 12.8. The van der Waals surface area contributed by atoms with Gasteiger partial charge in [0, 0.05) is 11.5 Å². The standard InChI is InChI=1S/C13H14ClF2N5O6S2/c1-6-9(10(28-20-6)27-5-13(14,15)16)29(23,24)21-12(22)19-11-17-7(25-2)4-8(18-11)26-3/h4H,5H2,1-3H3,(H2,17,18,19,21,22). The number of amides is 2. The summed E-state index contributed by atoms with van der Waals surface area (Å²) in [5.74, 6) is -0.219. The number of carbonyl (C=O) groups excluding carboxylic acids is 1. The van der Waals surface area contributed by atoms with Gasteiger partial charge in [-0.3, -0.25) is 5.32 Å². The molecule has 0 bridgehead atoms. The summed E-state index contributed by atoms with van der Waals surface area (Å²) in [4.78, 5) is 19.1. The van der Waals surface area contributed by atoms with Crippen molar-refractivity contribution < 1.29 is 36.2 Å². The van der Waals surface area contributed by atoms with Crippen LogP contribution in [0.5, 0.6) is 16.8 Å². The number of carbonyl (C=O) groups is 1. The number of nitrogens with zero attached hydrogens (tertiary/aromatic N) is 3. The number of hydrogen-bond donors (Lipinski definition) is 2. The van der Waals surface area contributed by atoms with Crippen LogP contribution in [0.15, 0.2) is 11.0 Å². The fourth-order valence-electron chi connectivity index (χ4n) is 1.85. The molecule has 0 aromatic carbocycles. The van der Waals surface area contributed by atoms with Crippen LogP contribution in [0.2, 0.25) is 0 Å². The van der Waals surface area contributed by atoms with Crippen molar-refractivity contribution in [2.75, 3.05) is 26.1 Å². The number of aryl methyl sites for hydroxylation is 1. The molecule has 2 rings (SSSR count). The molecule has 2 N–H and O–H groups in total. The lowest BCUT2D eigenvalue weighted by molar-refractivity contribution is 0.0397. The molecule has 0 aliphatic carbocycles. The summed E-state index contributed by atoms with van der Waals surface area (Å²) in [6.45, 7) is 0.00700. The Bertz CT molecular complexity index is 976. The highest BCUT2D eigenvalue weighted by atomic mass is 35.5. The number of hydrogen-bond acceptors (Lipinski definition) is 10. The molecule has 2 aromatic rings. The second-order valence-electron chi connectivity index (χ2n) is 5.12. The van der Waals surface area contributed by atoms with Crippen LogP contribution in [-0.4, -0.2) is 55.0 Å². The lowest BCUT2D eigenvalue weighted by atomic mass is 10.5. The number of urea groups is 1. The van der Waals surface area contributed by atoms with Crippen LogP contribution in [0.25, 0.3) is 0 Å². The van der Waals surface area contributed by atoms with Crippen molar-refractivity contribution in [3.8, 4) is 16.8 Å². The molecule has 0 spiro atoms. The highest BCUT2D eigenvalue weighted by Gasteiger charge is 2.31. The molecule has 0 aliphatic rings. The molecule has 0 aliphatic heterocycles. The van der Waals surface area contributed by atoms with Crippen LogP contribution < -0.4 is 24.2 Å². The molecular formula is C13H14ClF2N5O6S2. The number of ether oxygens (including phenoxy) is 3. The fourth-order valence-corrected chi connectivity index (χ4v) is 4.17. The zero-order chi connectivity index (χ0) is 21.8. The van der Waals surface area contributed by atoms with E-state index in [2.05, 4.69) is 19.7 Å². The molecule has 160 valence electrons. The Balaban J connectivity index is 2.19. The van der Waals surface area contributed by atoms with Crippen molar-refractivity contribution >= 4 is 45.1 Å². The van der Waals surface area contributed by atoms with E-state index < -0.39 is 38.0 Å². The van der Waals surface area contributed by atoms with Crippen LogP contribution in [-0.2, 0) is 10.0 Å². The topological polar surface area (TPSA) is 142 Å². The molecular weight excluding hydrogens is 460 g/mol. The van der Waals surface area contributed by atoms with Gasteiger partial charge in [-0.15, -0.1) is 0 Å². The molecule has 0 radical (unpaired) electrons. The van der Waals surface area contributed by atoms with E-state index in [0.29, 0.717) is 11.5 Å². The minimum Gasteiger partial charge on any atom is -0.481 e. The van der Waals surface area contributed by atoms with E-state index >= 15 is 0 Å². The summed E-state index contributed by atoms with van der Waals surface area (Å²) in [5.41, 5.74) is -0.0671. The Kier molecular flexibility index (Phi) is 6.97. The van der Waals surface area contributed by atoms with E-state index in [9.17, 15) is 22.0 Å². The highest BCUT2D eigenvalue weighted by Crippen LogP contribution is 2.33. The summed E-state index contributed by atoms with van der Waals surface area (Å²) in [6.07, 6.45) is 0. The Labute approximate surface area is 172 Å². The molecule has 0 saturated carbocycles. The van der Waals surface area contributed by atoms with Gasteiger partial charge in [-0.25, -0.2) is 17.9 Å². The van der Waals surface area contributed by atoms with Gasteiger partial charge in [0.15, 0.2) is 11.5 Å². The SMILES string of the molecule is COc1cc(OC)nc(NC(=O)NS(=O)(=O)c2c(C)nsc2OCC(F)(F)Cl)n1. The predicted molar refractivity (Wildman–Crippen MR) is 97.6 cm³/mol. The number of halogens is 3. The van der Waals surface area contributed by atoms with E-state index in [1.807, 2.05) is 0 Å². The molecule has 2 heterocycles. The van der Waals surface area contributed by atoms with Crippen molar-refractivity contribution in [2.45, 2.75) is 17.2 Å². The zero-order valence-electron chi connectivity index (χ0n) is 15.0. The highest BCUT2D eigenvalue weighted by molar-refractivity contribution is 7.90. The van der Waals surface area contributed by atoms with Crippen LogP contribution in [0.4, 0.5) is 19.5 Å². The third-order valence-corrected chi connectivity index (χ3v) is 5.53. The Hall–Kier alpha value is -2.52. The van der Waals surface area contributed by atoms with E-state index in [1.54, 1.807) is 4.72 Å². The molecule has 29 heavy (non-hydrogen) atoms. The quantitative estimate of drug-likeness (QED) is 0.550. The molecule has 0 saturated heterocycles. The van der Waals surface area contributed by atoms with E-state index in [4.69, 9.17) is 25.8 Å². The zero-order valence-corrected chi connectivity index (χ0v) is 17.4. The fraction of sp³-hybridized carbons (Fsp3) is 0.385. The summed E-state index contributed by atoms with van der Waals surface area (Å²) < 4.78 is 70.6. The predicted octanol–water partition coefficient (Wildman–Crippen LogP) is 1.98. The molecule has 11 nitrogen and oxygen atoms in total. The average Bonchev–Trinajstić information content (AvgIpc) is 3.00. The lowest BCUT2D eigenvalue weighted by Gasteiger charge is -2.12. The number of aromatic nitrogens is 3. The smallest absolute Gasteiger partial charge is 0.355 e. The van der Waals surface area contributed by atoms with Gasteiger partial charge < -0.3 is 14.2 Å². The Morgan fingerprint density at radius 1 is 1.28 bits per heavy atom. The molecule has 0 unspecified atom stereocenters. The second kappa shape index (κ2) is 8.87. The normalized spacial score (nSPS) is 11.7. The van der Waals surface area contributed by atoms with E-state index in [0.717, 1.165) is 0 Å². The van der Waals surface area contributed by atoms with Gasteiger partial charge in [-0.2, -0.15) is 23.1 Å². The molecule has 2 aromatic heterocycles. The minimum absolute atomic E-state index is 0.0468. The average molecular weight is 474 g/mol. The third-order valence-electron chi connectivity index (χ3n) is 2.96. The number of methoxy groups -OCH3 is 2. The largest absolute Gasteiger partial charge is 0.481 e. The van der Waals surface area contributed by atoms with E-state index in [-0.39, 0.29) is 23.4 Å². The van der Waals surface area contributed by atoms with Gasteiger partial charge in [-0.1, -0.05) is 0 Å². The number of nitrogens with one attached hydrogen (secondary N) is 2. The van der Waals surface area contributed by atoms with Gasteiger partial charge >= 0.3 is 11.4 Å². The third kappa shape index (κ3) is 6.23. The maximum atomic E-state index is 12.8. The Morgan fingerprint density at radius 3 is 2.38 bits per heavy atom. The van der Waals surface area contributed by atoms with Crippen LogP contribution >= 0.6 is 23.1 Å². The monoisotopic (exact) mass is 473 g/mol. The first kappa shape index (κ1) is 22.8. The van der Waals surface area contributed by atoms with Gasteiger partial charge in [0.2, 0.25) is 22.8 Å². The first-order valence-corrected chi connectivity index (χ1v) is 10.1. The first-order valence-electron chi connectivity index (χ1n) is 7.42. The summed E-state index contributed by atoms with van der Waals surface area (Å²) in [5, 5.41) is -2.08. The molecule has 0 fully saturated rings. The van der Waals surface area contributed by atoms with Crippen molar-refractivity contribution in [1.82, 2.24) is 19.1 Å². The molecule has 16 heteroatoms. The first-order chi connectivity index (χ1) is 13.4. The number of alkyl halides is 3. The van der Waals surface area contributed by atoms with Crippen molar-refractivity contribution in [3.63, 3.8) is 0 Å². The van der Waals surface area contributed by atoms with Gasteiger partial charge in [0.1, 0.15) is 0 Å². The van der Waals surface area contributed by atoms with E-state index in [1.165, 1.54) is 27.2 Å². The Morgan fingerprint density at radius 2 is 1.86 bits per heavy atom.